The van der Waals surface area contributed by atoms with Crippen molar-refractivity contribution in [3.05, 3.63) is 65.5 Å². The highest BCUT2D eigenvalue weighted by molar-refractivity contribution is 5.94. The van der Waals surface area contributed by atoms with E-state index in [0.29, 0.717) is 25.3 Å². The van der Waals surface area contributed by atoms with Gasteiger partial charge in [-0.2, -0.15) is 0 Å². The molecule has 0 N–H and O–H groups in total. The highest BCUT2D eigenvalue weighted by Crippen LogP contribution is 2.12. The van der Waals surface area contributed by atoms with Gasteiger partial charge < -0.3 is 9.64 Å². The van der Waals surface area contributed by atoms with Crippen LogP contribution in [-0.2, 0) is 16.1 Å². The Kier molecular flexibility index (Phi) is 6.49. The first-order chi connectivity index (χ1) is 11.6. The van der Waals surface area contributed by atoms with Crippen LogP contribution in [0.1, 0.15) is 34.8 Å². The van der Waals surface area contributed by atoms with Gasteiger partial charge in [0, 0.05) is 31.0 Å². The van der Waals surface area contributed by atoms with Crippen molar-refractivity contribution in [1.82, 2.24) is 9.88 Å². The van der Waals surface area contributed by atoms with Gasteiger partial charge in [0.1, 0.15) is 0 Å². The quantitative estimate of drug-likeness (QED) is 0.734. The van der Waals surface area contributed by atoms with Crippen LogP contribution in [0.3, 0.4) is 0 Å². The molecule has 0 radical (unpaired) electrons. The summed E-state index contributed by atoms with van der Waals surface area (Å²) < 4.78 is 4.96. The molecule has 2 aromatic rings. The molecule has 0 saturated carbocycles. The van der Waals surface area contributed by atoms with E-state index in [0.717, 1.165) is 11.1 Å². The number of hydrogen-bond donors (Lipinski definition) is 0. The van der Waals surface area contributed by atoms with Crippen molar-refractivity contribution in [2.45, 2.75) is 26.8 Å². The summed E-state index contributed by atoms with van der Waals surface area (Å²) in [4.78, 5) is 30.2. The highest BCUT2D eigenvalue weighted by atomic mass is 16.5. The molecule has 0 bridgehead atoms. The number of amides is 1. The van der Waals surface area contributed by atoms with Gasteiger partial charge in [-0.05, 0) is 37.6 Å². The molecule has 24 heavy (non-hydrogen) atoms. The molecular weight excluding hydrogens is 304 g/mol. The number of ether oxygens (including phenoxy) is 1. The van der Waals surface area contributed by atoms with Crippen molar-refractivity contribution in [2.24, 2.45) is 0 Å². The summed E-state index contributed by atoms with van der Waals surface area (Å²) in [5, 5.41) is 0. The lowest BCUT2D eigenvalue weighted by Gasteiger charge is -2.22. The second-order valence-electron chi connectivity index (χ2n) is 5.51. The first-order valence-corrected chi connectivity index (χ1v) is 8.00. The average Bonchev–Trinajstić information content (AvgIpc) is 2.59. The monoisotopic (exact) mass is 326 g/mol. The van der Waals surface area contributed by atoms with Gasteiger partial charge in [-0.1, -0.05) is 23.8 Å². The molecule has 0 spiro atoms. The Hall–Kier alpha value is -2.69. The van der Waals surface area contributed by atoms with Crippen LogP contribution in [0.5, 0.6) is 0 Å². The van der Waals surface area contributed by atoms with E-state index >= 15 is 0 Å². The van der Waals surface area contributed by atoms with Crippen molar-refractivity contribution in [1.29, 1.82) is 0 Å². The summed E-state index contributed by atoms with van der Waals surface area (Å²) in [6.45, 7) is 4.76. The topological polar surface area (TPSA) is 59.5 Å². The Morgan fingerprint density at radius 2 is 2.04 bits per heavy atom. The molecule has 0 aliphatic heterocycles. The van der Waals surface area contributed by atoms with E-state index in [2.05, 4.69) is 4.98 Å². The molecular formula is C19H22N2O3. The number of rotatable bonds is 7. The lowest BCUT2D eigenvalue weighted by molar-refractivity contribution is -0.143. The first-order valence-electron chi connectivity index (χ1n) is 8.00. The van der Waals surface area contributed by atoms with Crippen LogP contribution in [0, 0.1) is 6.92 Å². The third-order valence-corrected chi connectivity index (χ3v) is 3.54. The van der Waals surface area contributed by atoms with Gasteiger partial charge in [-0.15, -0.1) is 0 Å². The number of benzene rings is 1. The van der Waals surface area contributed by atoms with Crippen molar-refractivity contribution < 1.29 is 14.3 Å². The number of aryl methyl sites for hydroxylation is 1. The van der Waals surface area contributed by atoms with E-state index in [1.807, 2.05) is 37.3 Å². The van der Waals surface area contributed by atoms with Crippen LogP contribution < -0.4 is 0 Å². The van der Waals surface area contributed by atoms with Gasteiger partial charge in [0.15, 0.2) is 0 Å². The zero-order valence-electron chi connectivity index (χ0n) is 14.1. The van der Waals surface area contributed by atoms with Crippen molar-refractivity contribution in [2.75, 3.05) is 13.2 Å². The van der Waals surface area contributed by atoms with Gasteiger partial charge in [0.2, 0.25) is 0 Å². The van der Waals surface area contributed by atoms with Crippen molar-refractivity contribution in [3.8, 4) is 0 Å². The standard InChI is InChI=1S/C19H22N2O3/c1-3-24-18(22)9-11-21(14-16-7-5-10-20-13-16)19(23)17-8-4-6-15(2)12-17/h4-8,10,12-13H,3,9,11,14H2,1-2H3. The van der Waals surface area contributed by atoms with Gasteiger partial charge in [0.05, 0.1) is 13.0 Å². The first kappa shape index (κ1) is 17.7. The van der Waals surface area contributed by atoms with Gasteiger partial charge >= 0.3 is 5.97 Å². The van der Waals surface area contributed by atoms with E-state index in [1.54, 1.807) is 30.3 Å². The van der Waals surface area contributed by atoms with Crippen LogP contribution in [0.15, 0.2) is 48.8 Å². The molecule has 2 rings (SSSR count). The molecule has 1 heterocycles. The van der Waals surface area contributed by atoms with Crippen LogP contribution in [-0.4, -0.2) is 34.9 Å². The van der Waals surface area contributed by atoms with Gasteiger partial charge in [-0.25, -0.2) is 0 Å². The fourth-order valence-electron chi connectivity index (χ4n) is 2.38. The number of aromatic nitrogens is 1. The molecule has 5 nitrogen and oxygen atoms in total. The van der Waals surface area contributed by atoms with Crippen molar-refractivity contribution >= 4 is 11.9 Å². The maximum atomic E-state index is 12.8. The molecule has 5 heteroatoms. The Morgan fingerprint density at radius 3 is 2.71 bits per heavy atom. The number of nitrogens with zero attached hydrogens (tertiary/aromatic N) is 2. The molecule has 1 aromatic carbocycles. The fourth-order valence-corrected chi connectivity index (χ4v) is 2.38. The summed E-state index contributed by atoms with van der Waals surface area (Å²) in [6, 6.07) is 11.2. The number of pyridine rings is 1. The van der Waals surface area contributed by atoms with E-state index in [-0.39, 0.29) is 18.3 Å². The number of esters is 1. The second kappa shape index (κ2) is 8.82. The molecule has 0 atom stereocenters. The Balaban J connectivity index is 2.14. The molecule has 0 fully saturated rings. The van der Waals surface area contributed by atoms with Crippen LogP contribution in [0.25, 0.3) is 0 Å². The maximum Gasteiger partial charge on any atom is 0.307 e. The van der Waals surface area contributed by atoms with E-state index in [9.17, 15) is 9.59 Å². The third-order valence-electron chi connectivity index (χ3n) is 3.54. The zero-order chi connectivity index (χ0) is 17.4. The lowest BCUT2D eigenvalue weighted by Crippen LogP contribution is -2.33. The normalized spacial score (nSPS) is 10.2. The summed E-state index contributed by atoms with van der Waals surface area (Å²) in [6.07, 6.45) is 3.58. The van der Waals surface area contributed by atoms with Gasteiger partial charge in [0.25, 0.3) is 5.91 Å². The Labute approximate surface area is 142 Å². The predicted octanol–water partition coefficient (Wildman–Crippen LogP) is 2.99. The summed E-state index contributed by atoms with van der Waals surface area (Å²) in [7, 11) is 0. The van der Waals surface area contributed by atoms with Gasteiger partial charge in [-0.3, -0.25) is 14.6 Å². The predicted molar refractivity (Wildman–Crippen MR) is 91.4 cm³/mol. The molecule has 126 valence electrons. The third kappa shape index (κ3) is 5.19. The van der Waals surface area contributed by atoms with E-state index < -0.39 is 0 Å². The number of carbonyl (C=O) groups excluding carboxylic acids is 2. The fraction of sp³-hybridized carbons (Fsp3) is 0.316. The Morgan fingerprint density at radius 1 is 1.21 bits per heavy atom. The SMILES string of the molecule is CCOC(=O)CCN(Cc1cccnc1)C(=O)c1cccc(C)c1. The van der Waals surface area contributed by atoms with Crippen LogP contribution in [0.2, 0.25) is 0 Å². The largest absolute Gasteiger partial charge is 0.466 e. The maximum absolute atomic E-state index is 12.8. The zero-order valence-corrected chi connectivity index (χ0v) is 14.1. The van der Waals surface area contributed by atoms with E-state index in [4.69, 9.17) is 4.74 Å². The minimum atomic E-state index is -0.300. The minimum Gasteiger partial charge on any atom is -0.466 e. The molecule has 1 amide bonds. The van der Waals surface area contributed by atoms with Crippen LogP contribution in [0.4, 0.5) is 0 Å². The second-order valence-corrected chi connectivity index (χ2v) is 5.51. The summed E-state index contributed by atoms with van der Waals surface area (Å²) in [5.74, 6) is -0.405. The molecule has 0 aliphatic carbocycles. The summed E-state index contributed by atoms with van der Waals surface area (Å²) in [5.41, 5.74) is 2.55. The average molecular weight is 326 g/mol. The lowest BCUT2D eigenvalue weighted by atomic mass is 10.1. The smallest absolute Gasteiger partial charge is 0.307 e. The summed E-state index contributed by atoms with van der Waals surface area (Å²) >= 11 is 0. The highest BCUT2D eigenvalue weighted by Gasteiger charge is 2.18. The number of hydrogen-bond acceptors (Lipinski definition) is 4. The van der Waals surface area contributed by atoms with Crippen molar-refractivity contribution in [3.63, 3.8) is 0 Å². The Bertz CT molecular complexity index is 686. The molecule has 1 aromatic heterocycles. The number of carbonyl (C=O) groups is 2. The molecule has 0 aliphatic rings. The minimum absolute atomic E-state index is 0.105. The van der Waals surface area contributed by atoms with E-state index in [1.165, 1.54) is 0 Å². The van der Waals surface area contributed by atoms with Crippen LogP contribution >= 0.6 is 0 Å². The molecule has 0 unspecified atom stereocenters. The molecule has 0 saturated heterocycles.